The minimum Gasteiger partial charge on any atom is -0.462 e. The smallest absolute Gasteiger partial charge is 0.435 e. The number of H-pyrrole nitrogens is 1. The van der Waals surface area contributed by atoms with Gasteiger partial charge in [-0.05, 0) is 37.5 Å². The van der Waals surface area contributed by atoms with E-state index in [0.29, 0.717) is 27.8 Å². The Morgan fingerprint density at radius 1 is 1.19 bits per heavy atom. The third-order valence-corrected chi connectivity index (χ3v) is 5.74. The fourth-order valence-electron chi connectivity index (χ4n) is 2.62. The standard InChI is InChI=1S/C18H14Cl2F3N5O3S/c1-2-31-16(30)13-14(18(21,22)23)24-17(32-13)25-15(29)12-11(26-28-27-12)6-4-8-3-5-9(19)10(20)7-8/h3,5,7H,2,4,6H2,1H3,(H,24,25,29)(H,26,27,28). The van der Waals surface area contributed by atoms with Gasteiger partial charge >= 0.3 is 12.1 Å². The lowest BCUT2D eigenvalue weighted by Gasteiger charge is -2.05. The topological polar surface area (TPSA) is 110 Å². The number of carbonyl (C=O) groups excluding carboxylic acids is 2. The van der Waals surface area contributed by atoms with Gasteiger partial charge in [0.05, 0.1) is 22.3 Å². The second-order valence-electron chi connectivity index (χ2n) is 6.24. The molecule has 0 spiro atoms. The maximum atomic E-state index is 13.2. The molecule has 0 radical (unpaired) electrons. The maximum Gasteiger partial charge on any atom is 0.435 e. The summed E-state index contributed by atoms with van der Waals surface area (Å²) in [5, 5.41) is 12.6. The van der Waals surface area contributed by atoms with E-state index in [0.717, 1.165) is 5.56 Å². The number of anilines is 1. The lowest BCUT2D eigenvalue weighted by atomic mass is 10.1. The van der Waals surface area contributed by atoms with Gasteiger partial charge in [0, 0.05) is 0 Å². The van der Waals surface area contributed by atoms with Crippen LogP contribution in [0, 0.1) is 0 Å². The number of aryl methyl sites for hydroxylation is 2. The number of rotatable bonds is 7. The van der Waals surface area contributed by atoms with Crippen LogP contribution in [0.4, 0.5) is 18.3 Å². The number of benzene rings is 1. The molecule has 0 atom stereocenters. The average molecular weight is 508 g/mol. The van der Waals surface area contributed by atoms with E-state index >= 15 is 0 Å². The van der Waals surface area contributed by atoms with Crippen LogP contribution in [0.1, 0.15) is 44.0 Å². The second-order valence-corrected chi connectivity index (χ2v) is 8.05. The molecule has 2 aromatic heterocycles. The number of esters is 1. The lowest BCUT2D eigenvalue weighted by Crippen LogP contribution is -2.16. The normalized spacial score (nSPS) is 11.4. The molecule has 0 aliphatic carbocycles. The molecule has 170 valence electrons. The molecule has 0 bridgehead atoms. The van der Waals surface area contributed by atoms with Crippen LogP contribution >= 0.6 is 34.5 Å². The van der Waals surface area contributed by atoms with Crippen LogP contribution in [0.15, 0.2) is 18.2 Å². The Labute approximate surface area is 193 Å². The highest BCUT2D eigenvalue weighted by molar-refractivity contribution is 7.17. The molecule has 0 fully saturated rings. The molecular weight excluding hydrogens is 494 g/mol. The van der Waals surface area contributed by atoms with E-state index in [2.05, 4.69) is 30.4 Å². The van der Waals surface area contributed by atoms with Gasteiger partial charge < -0.3 is 4.74 Å². The van der Waals surface area contributed by atoms with Crippen LogP contribution in [0.25, 0.3) is 0 Å². The third kappa shape index (κ3) is 5.56. The van der Waals surface area contributed by atoms with E-state index in [1.54, 1.807) is 18.2 Å². The highest BCUT2D eigenvalue weighted by Gasteiger charge is 2.40. The van der Waals surface area contributed by atoms with Crippen molar-refractivity contribution >= 4 is 51.5 Å². The first kappa shape index (κ1) is 24.0. The number of ether oxygens (including phenoxy) is 1. The first-order valence-electron chi connectivity index (χ1n) is 9.00. The van der Waals surface area contributed by atoms with Crippen molar-refractivity contribution in [2.24, 2.45) is 0 Å². The van der Waals surface area contributed by atoms with Crippen LogP contribution in [0.5, 0.6) is 0 Å². The summed E-state index contributed by atoms with van der Waals surface area (Å²) in [5.74, 6) is -2.01. The van der Waals surface area contributed by atoms with Gasteiger partial charge in [-0.15, -0.1) is 0 Å². The first-order valence-corrected chi connectivity index (χ1v) is 10.6. The van der Waals surface area contributed by atoms with Crippen molar-refractivity contribution in [3.63, 3.8) is 0 Å². The van der Waals surface area contributed by atoms with Gasteiger partial charge in [-0.1, -0.05) is 40.6 Å². The minimum absolute atomic E-state index is 0.114. The summed E-state index contributed by atoms with van der Waals surface area (Å²) in [4.78, 5) is 27.0. The first-order chi connectivity index (χ1) is 15.1. The molecule has 0 unspecified atom stereocenters. The SMILES string of the molecule is CCOC(=O)c1sc(NC(=O)c2n[nH]nc2CCc2ccc(Cl)c(Cl)c2)nc1C(F)(F)F. The number of thiazole rings is 1. The van der Waals surface area contributed by atoms with Gasteiger partial charge in [-0.2, -0.15) is 28.6 Å². The van der Waals surface area contributed by atoms with E-state index in [9.17, 15) is 22.8 Å². The molecule has 0 saturated heterocycles. The summed E-state index contributed by atoms with van der Waals surface area (Å²) in [6, 6.07) is 5.07. The Kier molecular flexibility index (Phi) is 7.36. The Hall–Kier alpha value is -2.70. The van der Waals surface area contributed by atoms with Gasteiger partial charge in [-0.3, -0.25) is 10.1 Å². The highest BCUT2D eigenvalue weighted by Crippen LogP contribution is 2.36. The van der Waals surface area contributed by atoms with Crippen molar-refractivity contribution in [3.8, 4) is 0 Å². The second kappa shape index (κ2) is 9.84. The van der Waals surface area contributed by atoms with Gasteiger partial charge in [0.15, 0.2) is 16.5 Å². The molecule has 8 nitrogen and oxygen atoms in total. The van der Waals surface area contributed by atoms with Crippen molar-refractivity contribution in [2.75, 3.05) is 11.9 Å². The number of alkyl halides is 3. The van der Waals surface area contributed by atoms with Crippen molar-refractivity contribution in [1.82, 2.24) is 20.4 Å². The predicted molar refractivity (Wildman–Crippen MR) is 111 cm³/mol. The number of hydrogen-bond acceptors (Lipinski definition) is 7. The molecule has 32 heavy (non-hydrogen) atoms. The Bertz CT molecular complexity index is 1150. The molecule has 0 aliphatic heterocycles. The van der Waals surface area contributed by atoms with E-state index in [-0.39, 0.29) is 24.4 Å². The number of nitrogens with zero attached hydrogens (tertiary/aromatic N) is 3. The number of nitrogens with one attached hydrogen (secondary N) is 2. The summed E-state index contributed by atoms with van der Waals surface area (Å²) in [5.41, 5.74) is -0.433. The number of hydrogen-bond donors (Lipinski definition) is 2. The summed E-state index contributed by atoms with van der Waals surface area (Å²) < 4.78 is 44.3. The largest absolute Gasteiger partial charge is 0.462 e. The maximum absolute atomic E-state index is 13.2. The molecule has 14 heteroatoms. The quantitative estimate of drug-likeness (QED) is 0.444. The van der Waals surface area contributed by atoms with E-state index < -0.39 is 33.8 Å². The predicted octanol–water partition coefficient (Wildman–Crippen LogP) is 4.80. The number of aromatic amines is 1. The van der Waals surface area contributed by atoms with E-state index in [1.165, 1.54) is 6.92 Å². The number of halogens is 5. The summed E-state index contributed by atoms with van der Waals surface area (Å²) >= 11 is 12.2. The van der Waals surface area contributed by atoms with Gasteiger partial charge in [0.1, 0.15) is 4.88 Å². The van der Waals surface area contributed by atoms with Crippen LogP contribution in [0.3, 0.4) is 0 Å². The number of aromatic nitrogens is 4. The molecule has 3 rings (SSSR count). The van der Waals surface area contributed by atoms with Crippen LogP contribution in [-0.2, 0) is 23.8 Å². The molecule has 1 amide bonds. The zero-order chi connectivity index (χ0) is 23.5. The summed E-state index contributed by atoms with van der Waals surface area (Å²) in [6.45, 7) is 1.34. The minimum atomic E-state index is -4.90. The summed E-state index contributed by atoms with van der Waals surface area (Å²) in [7, 11) is 0. The van der Waals surface area contributed by atoms with Crippen LogP contribution in [0.2, 0.25) is 10.0 Å². The average Bonchev–Trinajstić information content (AvgIpc) is 3.36. The Morgan fingerprint density at radius 3 is 2.59 bits per heavy atom. The zero-order valence-electron chi connectivity index (χ0n) is 16.2. The number of amides is 1. The zero-order valence-corrected chi connectivity index (χ0v) is 18.5. The molecule has 3 aromatic rings. The van der Waals surface area contributed by atoms with Crippen molar-refractivity contribution in [1.29, 1.82) is 0 Å². The van der Waals surface area contributed by atoms with E-state index in [1.807, 2.05) is 0 Å². The molecule has 2 N–H and O–H groups in total. The lowest BCUT2D eigenvalue weighted by molar-refractivity contribution is -0.141. The van der Waals surface area contributed by atoms with Gasteiger partial charge in [0.25, 0.3) is 5.91 Å². The number of carbonyl (C=O) groups is 2. The van der Waals surface area contributed by atoms with Crippen LogP contribution in [-0.4, -0.2) is 38.9 Å². The summed E-state index contributed by atoms with van der Waals surface area (Å²) in [6.07, 6.45) is -4.16. The fourth-order valence-corrected chi connectivity index (χ4v) is 3.82. The molecule has 2 heterocycles. The van der Waals surface area contributed by atoms with E-state index in [4.69, 9.17) is 23.2 Å². The van der Waals surface area contributed by atoms with Gasteiger partial charge in [0.2, 0.25) is 0 Å². The fraction of sp³-hybridized carbons (Fsp3) is 0.278. The third-order valence-electron chi connectivity index (χ3n) is 4.05. The monoisotopic (exact) mass is 507 g/mol. The molecule has 0 aliphatic rings. The Morgan fingerprint density at radius 2 is 1.94 bits per heavy atom. The van der Waals surface area contributed by atoms with Crippen LogP contribution < -0.4 is 5.32 Å². The van der Waals surface area contributed by atoms with Crippen molar-refractivity contribution in [2.45, 2.75) is 25.9 Å². The van der Waals surface area contributed by atoms with Crippen molar-refractivity contribution < 1.29 is 27.5 Å². The van der Waals surface area contributed by atoms with Gasteiger partial charge in [-0.25, -0.2) is 9.78 Å². The molecule has 0 saturated carbocycles. The van der Waals surface area contributed by atoms with Crippen molar-refractivity contribution in [3.05, 3.63) is 55.8 Å². The molecule has 1 aromatic carbocycles. The molecular formula is C18H14Cl2F3N5O3S. The Balaban J connectivity index is 1.76. The highest BCUT2D eigenvalue weighted by atomic mass is 35.5.